The average Bonchev–Trinajstić information content (AvgIpc) is 3.29. The largest absolute Gasteiger partial charge is 0.494 e. The molecule has 0 spiro atoms. The Labute approximate surface area is 194 Å². The summed E-state index contributed by atoms with van der Waals surface area (Å²) in [5.74, 6) is 2.58. The van der Waals surface area contributed by atoms with Gasteiger partial charge in [-0.3, -0.25) is 5.01 Å². The highest BCUT2D eigenvalue weighted by molar-refractivity contribution is 6.08. The van der Waals surface area contributed by atoms with E-state index in [0.29, 0.717) is 11.9 Å². The van der Waals surface area contributed by atoms with Crippen LogP contribution < -0.4 is 20.7 Å². The fraction of sp³-hybridized carbons (Fsp3) is 0.417. The summed E-state index contributed by atoms with van der Waals surface area (Å²) in [6.07, 6.45) is 8.54. The fourth-order valence-electron chi connectivity index (χ4n) is 4.34. The lowest BCUT2D eigenvalue weighted by atomic mass is 10.1. The van der Waals surface area contributed by atoms with Crippen LogP contribution >= 0.6 is 0 Å². The molecule has 174 valence electrons. The van der Waals surface area contributed by atoms with E-state index < -0.39 is 0 Å². The van der Waals surface area contributed by atoms with Crippen molar-refractivity contribution in [3.63, 3.8) is 0 Å². The van der Waals surface area contributed by atoms with Gasteiger partial charge in [0.05, 0.1) is 12.8 Å². The Morgan fingerprint density at radius 2 is 1.91 bits per heavy atom. The Hall–Kier alpha value is -3.46. The highest BCUT2D eigenvalue weighted by Crippen LogP contribution is 2.32. The second-order valence-corrected chi connectivity index (χ2v) is 8.60. The highest BCUT2D eigenvalue weighted by atomic mass is 16.5. The Morgan fingerprint density at radius 3 is 2.70 bits per heavy atom. The first-order valence-electron chi connectivity index (χ1n) is 11.5. The number of aliphatic imine (C=N–C) groups is 1. The molecule has 9 heteroatoms. The Morgan fingerprint density at radius 1 is 1.06 bits per heavy atom. The van der Waals surface area contributed by atoms with Crippen molar-refractivity contribution in [3.8, 4) is 5.75 Å². The minimum atomic E-state index is 0.467. The maximum absolute atomic E-state index is 6.17. The molecule has 0 radical (unpaired) electrons. The first kappa shape index (κ1) is 21.4. The number of hydrogen-bond acceptors (Lipinski definition) is 9. The summed E-state index contributed by atoms with van der Waals surface area (Å²) in [5, 5.41) is 9.93. The van der Waals surface area contributed by atoms with Crippen molar-refractivity contribution in [1.29, 1.82) is 0 Å². The number of methoxy groups -OCH3 is 1. The number of anilines is 2. The Bertz CT molecular complexity index is 1060. The monoisotopic (exact) mass is 449 g/mol. The topological polar surface area (TPSA) is 91.0 Å². The SMILES string of the molecule is COc1cc(N2CCN(C)CC2)ccc1NC1=NN2CCC=C2C(OC2=CC(N)=CCC2)=N1. The molecule has 1 aliphatic carbocycles. The molecule has 1 fully saturated rings. The summed E-state index contributed by atoms with van der Waals surface area (Å²) in [5.41, 5.74) is 9.54. The van der Waals surface area contributed by atoms with E-state index in [1.807, 2.05) is 23.2 Å². The molecule has 0 saturated carbocycles. The van der Waals surface area contributed by atoms with Crippen LogP contribution in [0.15, 0.2) is 63.7 Å². The van der Waals surface area contributed by atoms with Crippen molar-refractivity contribution in [3.05, 3.63) is 53.6 Å². The van der Waals surface area contributed by atoms with E-state index in [2.05, 4.69) is 50.5 Å². The zero-order valence-electron chi connectivity index (χ0n) is 19.3. The third-order valence-electron chi connectivity index (χ3n) is 6.22. The molecule has 0 amide bonds. The van der Waals surface area contributed by atoms with Gasteiger partial charge in [-0.05, 0) is 38.1 Å². The Kier molecular flexibility index (Phi) is 5.95. The van der Waals surface area contributed by atoms with E-state index in [9.17, 15) is 0 Å². The normalized spacial score (nSPS) is 20.8. The maximum atomic E-state index is 6.17. The molecule has 1 saturated heterocycles. The molecule has 3 heterocycles. The minimum absolute atomic E-state index is 0.467. The molecular formula is C24H31N7O2. The maximum Gasteiger partial charge on any atom is 0.248 e. The van der Waals surface area contributed by atoms with Gasteiger partial charge in [0.25, 0.3) is 0 Å². The first-order valence-corrected chi connectivity index (χ1v) is 11.5. The van der Waals surface area contributed by atoms with Gasteiger partial charge < -0.3 is 30.3 Å². The van der Waals surface area contributed by atoms with E-state index in [4.69, 9.17) is 15.2 Å². The number of likely N-dealkylation sites (N-methyl/N-ethyl adjacent to an activating group) is 1. The number of ether oxygens (including phenoxy) is 2. The van der Waals surface area contributed by atoms with Gasteiger partial charge in [-0.15, -0.1) is 5.10 Å². The second-order valence-electron chi connectivity index (χ2n) is 8.60. The summed E-state index contributed by atoms with van der Waals surface area (Å²) in [7, 11) is 3.84. The number of fused-ring (bicyclic) bond motifs is 1. The second kappa shape index (κ2) is 9.19. The van der Waals surface area contributed by atoms with Crippen LogP contribution in [0.3, 0.4) is 0 Å². The number of hydrogen-bond donors (Lipinski definition) is 2. The Balaban J connectivity index is 1.36. The van der Waals surface area contributed by atoms with Gasteiger partial charge in [0, 0.05) is 56.6 Å². The lowest BCUT2D eigenvalue weighted by Crippen LogP contribution is -2.44. The molecular weight excluding hydrogens is 418 g/mol. The summed E-state index contributed by atoms with van der Waals surface area (Å²) < 4.78 is 11.9. The number of allylic oxidation sites excluding steroid dienone is 3. The average molecular weight is 450 g/mol. The molecule has 9 nitrogen and oxygen atoms in total. The molecule has 33 heavy (non-hydrogen) atoms. The van der Waals surface area contributed by atoms with Crippen LogP contribution in [-0.4, -0.2) is 68.6 Å². The van der Waals surface area contributed by atoms with Crippen LogP contribution in [0.5, 0.6) is 5.75 Å². The molecule has 1 aromatic rings. The fourth-order valence-corrected chi connectivity index (χ4v) is 4.34. The number of piperazine rings is 1. The smallest absolute Gasteiger partial charge is 0.248 e. The lowest BCUT2D eigenvalue weighted by molar-refractivity contribution is 0.312. The van der Waals surface area contributed by atoms with Gasteiger partial charge in [-0.2, -0.15) is 4.99 Å². The van der Waals surface area contributed by atoms with Crippen LogP contribution in [0.4, 0.5) is 11.4 Å². The summed E-state index contributed by atoms with van der Waals surface area (Å²) in [6, 6.07) is 6.21. The molecule has 1 aromatic carbocycles. The van der Waals surface area contributed by atoms with E-state index in [-0.39, 0.29) is 0 Å². The lowest BCUT2D eigenvalue weighted by Gasteiger charge is -2.34. The number of nitrogens with zero attached hydrogens (tertiary/aromatic N) is 5. The molecule has 4 aliphatic rings. The van der Waals surface area contributed by atoms with E-state index in [1.54, 1.807) is 7.11 Å². The summed E-state index contributed by atoms with van der Waals surface area (Å²) >= 11 is 0. The van der Waals surface area contributed by atoms with Crippen molar-refractivity contribution in [1.82, 2.24) is 9.91 Å². The highest BCUT2D eigenvalue weighted by Gasteiger charge is 2.28. The van der Waals surface area contributed by atoms with E-state index in [1.165, 1.54) is 0 Å². The molecule has 3 aliphatic heterocycles. The standard InChI is InChI=1S/C24H31N7O2/c1-29-11-13-30(14-12-29)18-8-9-20(22(16-18)32-2)26-24-27-23(21-7-4-10-31(21)28-24)33-19-6-3-5-17(25)15-19/h5,7-9,15-16H,3-4,6,10-14,25H2,1-2H3,(H,26,28). The quantitative estimate of drug-likeness (QED) is 0.730. The van der Waals surface area contributed by atoms with Gasteiger partial charge >= 0.3 is 0 Å². The third kappa shape index (κ3) is 4.68. The molecule has 0 aromatic heterocycles. The van der Waals surface area contributed by atoms with E-state index in [0.717, 1.165) is 86.3 Å². The molecule has 0 atom stereocenters. The molecule has 5 rings (SSSR count). The number of guanidine groups is 1. The number of rotatable bonds is 4. The van der Waals surface area contributed by atoms with Crippen LogP contribution in [-0.2, 0) is 4.74 Å². The van der Waals surface area contributed by atoms with E-state index >= 15 is 0 Å². The number of benzene rings is 1. The van der Waals surface area contributed by atoms with Gasteiger partial charge in [-0.1, -0.05) is 12.2 Å². The van der Waals surface area contributed by atoms with Crippen molar-refractivity contribution in [2.24, 2.45) is 15.8 Å². The van der Waals surface area contributed by atoms with Crippen LogP contribution in [0, 0.1) is 0 Å². The van der Waals surface area contributed by atoms with Crippen molar-refractivity contribution in [2.45, 2.75) is 19.3 Å². The first-order chi connectivity index (χ1) is 16.1. The zero-order chi connectivity index (χ0) is 22.8. The number of nitrogens with two attached hydrogens (primary N) is 1. The van der Waals surface area contributed by atoms with Crippen molar-refractivity contribution in [2.75, 3.05) is 57.1 Å². The van der Waals surface area contributed by atoms with Crippen LogP contribution in [0.25, 0.3) is 0 Å². The molecule has 0 bridgehead atoms. The summed E-state index contributed by atoms with van der Waals surface area (Å²) in [4.78, 5) is 9.41. The van der Waals surface area contributed by atoms with Crippen molar-refractivity contribution >= 4 is 23.2 Å². The molecule has 3 N–H and O–H groups in total. The van der Waals surface area contributed by atoms with Gasteiger partial charge in [0.1, 0.15) is 17.2 Å². The molecule has 0 unspecified atom stereocenters. The third-order valence-corrected chi connectivity index (χ3v) is 6.22. The minimum Gasteiger partial charge on any atom is -0.494 e. The van der Waals surface area contributed by atoms with Crippen molar-refractivity contribution < 1.29 is 9.47 Å². The van der Waals surface area contributed by atoms with Crippen LogP contribution in [0.1, 0.15) is 19.3 Å². The number of nitrogens with one attached hydrogen (secondary N) is 1. The predicted molar refractivity (Wildman–Crippen MR) is 131 cm³/mol. The zero-order valence-corrected chi connectivity index (χ0v) is 19.3. The van der Waals surface area contributed by atoms with Crippen LogP contribution in [0.2, 0.25) is 0 Å². The predicted octanol–water partition coefficient (Wildman–Crippen LogP) is 2.67. The summed E-state index contributed by atoms with van der Waals surface area (Å²) in [6.45, 7) is 4.91. The number of hydrazone groups is 1. The van der Waals surface area contributed by atoms with Gasteiger partial charge in [0.2, 0.25) is 11.9 Å². The van der Waals surface area contributed by atoms with Gasteiger partial charge in [-0.25, -0.2) is 0 Å². The van der Waals surface area contributed by atoms with Gasteiger partial charge in [0.15, 0.2) is 0 Å².